The first-order chi connectivity index (χ1) is 11.8. The second-order valence-corrected chi connectivity index (χ2v) is 7.12. The molecule has 2 N–H and O–H groups in total. The van der Waals surface area contributed by atoms with Gasteiger partial charge >= 0.3 is 0 Å². The lowest BCUT2D eigenvalue weighted by Gasteiger charge is -2.17. The first kappa shape index (κ1) is 19.7. The molecule has 0 spiro atoms. The van der Waals surface area contributed by atoms with E-state index >= 15 is 0 Å². The third-order valence-electron chi connectivity index (χ3n) is 4.08. The van der Waals surface area contributed by atoms with Gasteiger partial charge in [0.25, 0.3) is 0 Å². The van der Waals surface area contributed by atoms with E-state index in [0.717, 1.165) is 30.4 Å². The van der Waals surface area contributed by atoms with Crippen molar-refractivity contribution in [2.75, 3.05) is 13.6 Å². The minimum absolute atomic E-state index is 0.412. The van der Waals surface area contributed by atoms with E-state index in [1.807, 2.05) is 29.3 Å². The van der Waals surface area contributed by atoms with Crippen LogP contribution in [-0.4, -0.2) is 33.9 Å². The fraction of sp³-hybridized carbons (Fsp3) is 0.529. The Balaban J connectivity index is 1.83. The van der Waals surface area contributed by atoms with E-state index in [4.69, 9.17) is 23.2 Å². The van der Waals surface area contributed by atoms with Gasteiger partial charge in [0.15, 0.2) is 5.96 Å². The van der Waals surface area contributed by atoms with E-state index in [2.05, 4.69) is 40.6 Å². The third-order valence-corrected chi connectivity index (χ3v) is 4.92. The van der Waals surface area contributed by atoms with Crippen molar-refractivity contribution < 1.29 is 0 Å². The van der Waals surface area contributed by atoms with Crippen molar-refractivity contribution in [1.29, 1.82) is 0 Å². The first-order valence-electron chi connectivity index (χ1n) is 8.27. The van der Waals surface area contributed by atoms with Gasteiger partial charge in [-0.3, -0.25) is 9.67 Å². The van der Waals surface area contributed by atoms with Crippen LogP contribution in [0.15, 0.2) is 17.1 Å². The number of aryl methyl sites for hydroxylation is 2. The molecule has 0 bridgehead atoms. The summed E-state index contributed by atoms with van der Waals surface area (Å²) in [6, 6.07) is 3.95. The van der Waals surface area contributed by atoms with Crippen LogP contribution in [0.2, 0.25) is 10.2 Å². The average Bonchev–Trinajstić information content (AvgIpc) is 3.00. The number of halogens is 2. The summed E-state index contributed by atoms with van der Waals surface area (Å²) in [6.45, 7) is 8.54. The van der Waals surface area contributed by atoms with E-state index in [1.54, 1.807) is 7.05 Å². The lowest BCUT2D eigenvalue weighted by Crippen LogP contribution is -2.40. The Morgan fingerprint density at radius 3 is 2.52 bits per heavy atom. The van der Waals surface area contributed by atoms with Gasteiger partial charge in [0.2, 0.25) is 0 Å². The van der Waals surface area contributed by atoms with E-state index in [1.165, 1.54) is 5.69 Å². The maximum atomic E-state index is 6.09. The Bertz CT molecular complexity index is 747. The maximum Gasteiger partial charge on any atom is 0.191 e. The highest BCUT2D eigenvalue weighted by molar-refractivity contribution is 6.41. The van der Waals surface area contributed by atoms with Crippen LogP contribution in [0.4, 0.5) is 0 Å². The van der Waals surface area contributed by atoms with Crippen LogP contribution in [0.1, 0.15) is 24.0 Å². The monoisotopic (exact) mass is 384 g/mol. The Morgan fingerprint density at radius 1 is 1.28 bits per heavy atom. The van der Waals surface area contributed by atoms with Gasteiger partial charge in [-0.2, -0.15) is 5.10 Å². The predicted octanol–water partition coefficient (Wildman–Crippen LogP) is 3.15. The van der Waals surface area contributed by atoms with Gasteiger partial charge in [-0.15, -0.1) is 0 Å². The van der Waals surface area contributed by atoms with Gasteiger partial charge in [-0.05, 0) is 31.9 Å². The highest BCUT2D eigenvalue weighted by Crippen LogP contribution is 2.24. The highest BCUT2D eigenvalue weighted by atomic mass is 35.5. The smallest absolute Gasteiger partial charge is 0.191 e. The van der Waals surface area contributed by atoms with Gasteiger partial charge in [-0.25, -0.2) is 0 Å². The molecule has 6 nitrogen and oxygen atoms in total. The molecule has 2 aromatic rings. The lowest BCUT2D eigenvalue weighted by molar-refractivity contribution is 0.436. The number of guanidine groups is 1. The van der Waals surface area contributed by atoms with Crippen LogP contribution < -0.4 is 10.6 Å². The second-order valence-electron chi connectivity index (χ2n) is 6.35. The third kappa shape index (κ3) is 5.16. The summed E-state index contributed by atoms with van der Waals surface area (Å²) < 4.78 is 3.90. The standard InChI is InChI=1S/C17H26Cl2N6/c1-11(10-25-13(3)6-12(2)23-25)8-21-17(20-4)22-9-14-7-15(18)16(19)24(14)5/h6-7,11H,8-10H2,1-5H3,(H2,20,21,22). The molecule has 138 valence electrons. The topological polar surface area (TPSA) is 59.2 Å². The normalized spacial score (nSPS) is 13.2. The molecule has 25 heavy (non-hydrogen) atoms. The molecule has 0 aromatic carbocycles. The summed E-state index contributed by atoms with van der Waals surface area (Å²) in [5, 5.41) is 12.2. The molecule has 0 aliphatic heterocycles. The quantitative estimate of drug-likeness (QED) is 0.593. The highest BCUT2D eigenvalue weighted by Gasteiger charge is 2.11. The molecule has 1 unspecified atom stereocenters. The zero-order valence-electron chi connectivity index (χ0n) is 15.4. The Hall–Kier alpha value is -1.66. The number of rotatable bonds is 6. The van der Waals surface area contributed by atoms with E-state index in [0.29, 0.717) is 22.6 Å². The lowest BCUT2D eigenvalue weighted by atomic mass is 10.2. The zero-order valence-corrected chi connectivity index (χ0v) is 16.9. The summed E-state index contributed by atoms with van der Waals surface area (Å²) in [5.74, 6) is 1.16. The molecule has 2 aromatic heterocycles. The fourth-order valence-corrected chi connectivity index (χ4v) is 3.06. The van der Waals surface area contributed by atoms with E-state index in [-0.39, 0.29) is 0 Å². The van der Waals surface area contributed by atoms with E-state index in [9.17, 15) is 0 Å². The molecular weight excluding hydrogens is 359 g/mol. The van der Waals surface area contributed by atoms with Crippen LogP contribution in [0.3, 0.4) is 0 Å². The van der Waals surface area contributed by atoms with Gasteiger partial charge in [0.05, 0.1) is 17.3 Å². The molecule has 8 heteroatoms. The SMILES string of the molecule is CN=C(NCc1cc(Cl)c(Cl)n1C)NCC(C)Cn1nc(C)cc1C. The van der Waals surface area contributed by atoms with Crippen LogP contribution in [0.25, 0.3) is 0 Å². The number of hydrogen-bond acceptors (Lipinski definition) is 2. The summed E-state index contributed by atoms with van der Waals surface area (Å²) in [4.78, 5) is 4.26. The average molecular weight is 385 g/mol. The maximum absolute atomic E-state index is 6.09. The van der Waals surface area contributed by atoms with Crippen molar-refractivity contribution in [2.24, 2.45) is 18.0 Å². The summed E-state index contributed by atoms with van der Waals surface area (Å²) in [7, 11) is 3.64. The zero-order chi connectivity index (χ0) is 18.6. The van der Waals surface area contributed by atoms with Crippen molar-refractivity contribution in [3.05, 3.63) is 39.4 Å². The van der Waals surface area contributed by atoms with E-state index < -0.39 is 0 Å². The number of hydrogen-bond donors (Lipinski definition) is 2. The number of nitrogens with zero attached hydrogens (tertiary/aromatic N) is 4. The van der Waals surface area contributed by atoms with Crippen LogP contribution in [0, 0.1) is 19.8 Å². The molecule has 0 aliphatic carbocycles. The molecule has 2 heterocycles. The first-order valence-corrected chi connectivity index (χ1v) is 9.02. The molecule has 0 radical (unpaired) electrons. The fourth-order valence-electron chi connectivity index (χ4n) is 2.64. The molecule has 2 rings (SSSR count). The van der Waals surface area contributed by atoms with Crippen LogP contribution in [0.5, 0.6) is 0 Å². The summed E-state index contributed by atoms with van der Waals surface area (Å²) >= 11 is 12.1. The molecule has 1 atom stereocenters. The number of aliphatic imine (C=N–C) groups is 1. The van der Waals surface area contributed by atoms with Crippen molar-refractivity contribution >= 4 is 29.2 Å². The Labute approximate surface area is 159 Å². The second kappa shape index (κ2) is 8.63. The van der Waals surface area contributed by atoms with Crippen molar-refractivity contribution in [3.63, 3.8) is 0 Å². The Kier molecular flexibility index (Phi) is 6.79. The largest absolute Gasteiger partial charge is 0.356 e. The van der Waals surface area contributed by atoms with Crippen molar-refractivity contribution in [1.82, 2.24) is 25.0 Å². The number of aromatic nitrogens is 3. The van der Waals surface area contributed by atoms with Gasteiger partial charge in [0.1, 0.15) is 5.15 Å². The van der Waals surface area contributed by atoms with Gasteiger partial charge in [-0.1, -0.05) is 30.1 Å². The molecule has 0 saturated carbocycles. The van der Waals surface area contributed by atoms with Gasteiger partial charge in [0, 0.05) is 38.6 Å². The minimum atomic E-state index is 0.412. The minimum Gasteiger partial charge on any atom is -0.356 e. The van der Waals surface area contributed by atoms with Gasteiger partial charge < -0.3 is 15.2 Å². The summed E-state index contributed by atoms with van der Waals surface area (Å²) in [6.07, 6.45) is 0. The molecule has 0 amide bonds. The van der Waals surface area contributed by atoms with Crippen molar-refractivity contribution in [3.8, 4) is 0 Å². The van der Waals surface area contributed by atoms with Crippen LogP contribution in [-0.2, 0) is 20.1 Å². The molecule has 0 aliphatic rings. The predicted molar refractivity (Wildman–Crippen MR) is 104 cm³/mol. The molecular formula is C17H26Cl2N6. The summed E-state index contributed by atoms with van der Waals surface area (Å²) in [5.41, 5.74) is 3.23. The van der Waals surface area contributed by atoms with Crippen LogP contribution >= 0.6 is 23.2 Å². The Morgan fingerprint density at radius 2 is 2.00 bits per heavy atom. The van der Waals surface area contributed by atoms with Crippen molar-refractivity contribution in [2.45, 2.75) is 33.9 Å². The number of nitrogens with one attached hydrogen (secondary N) is 2. The molecule has 0 saturated heterocycles. The molecule has 0 fully saturated rings.